The largest absolute Gasteiger partial charge is 0.315 e. The molecule has 5 heteroatoms. The van der Waals surface area contributed by atoms with Crippen LogP contribution in [0.25, 0.3) is 0 Å². The predicted octanol–water partition coefficient (Wildman–Crippen LogP) is 2.97. The van der Waals surface area contributed by atoms with Gasteiger partial charge in [0.15, 0.2) is 0 Å². The number of halogens is 2. The van der Waals surface area contributed by atoms with Crippen molar-refractivity contribution >= 4 is 15.9 Å². The van der Waals surface area contributed by atoms with Crippen LogP contribution >= 0.6 is 15.9 Å². The highest BCUT2D eigenvalue weighted by Crippen LogP contribution is 2.36. The van der Waals surface area contributed by atoms with Crippen LogP contribution in [0.3, 0.4) is 0 Å². The van der Waals surface area contributed by atoms with Crippen molar-refractivity contribution in [2.24, 2.45) is 7.05 Å². The third-order valence-electron chi connectivity index (χ3n) is 4.38. The van der Waals surface area contributed by atoms with Crippen LogP contribution in [0.4, 0.5) is 4.39 Å². The smallest absolute Gasteiger partial charge is 0.127 e. The first-order chi connectivity index (χ1) is 10.1. The van der Waals surface area contributed by atoms with Gasteiger partial charge in [0.05, 0.1) is 15.9 Å². The van der Waals surface area contributed by atoms with Crippen LogP contribution in [0, 0.1) is 5.82 Å². The van der Waals surface area contributed by atoms with Crippen LogP contribution in [0.5, 0.6) is 0 Å². The van der Waals surface area contributed by atoms with Gasteiger partial charge in [-0.15, -0.1) is 0 Å². The Morgan fingerprint density at radius 2 is 2.10 bits per heavy atom. The van der Waals surface area contributed by atoms with E-state index in [1.165, 1.54) is 0 Å². The Kier molecular flexibility index (Phi) is 3.88. The third-order valence-corrected chi connectivity index (χ3v) is 5.30. The minimum atomic E-state index is -0.174. The maximum atomic E-state index is 14.2. The number of aryl methyl sites for hydroxylation is 2. The Hall–Kier alpha value is -1.20. The van der Waals surface area contributed by atoms with Crippen molar-refractivity contribution in [3.8, 4) is 0 Å². The highest BCUT2D eigenvalue weighted by molar-refractivity contribution is 9.10. The van der Waals surface area contributed by atoms with E-state index in [0.29, 0.717) is 0 Å². The molecule has 0 spiro atoms. The molecule has 0 atom stereocenters. The topological polar surface area (TPSA) is 29.9 Å². The van der Waals surface area contributed by atoms with E-state index < -0.39 is 0 Å². The molecular formula is C16H19BrFN3. The van der Waals surface area contributed by atoms with Gasteiger partial charge in [0.25, 0.3) is 0 Å². The van der Waals surface area contributed by atoms with Crippen LogP contribution in [-0.4, -0.2) is 22.9 Å². The van der Waals surface area contributed by atoms with E-state index in [9.17, 15) is 4.39 Å². The van der Waals surface area contributed by atoms with Crippen molar-refractivity contribution in [2.45, 2.75) is 25.2 Å². The molecule has 0 unspecified atom stereocenters. The summed E-state index contributed by atoms with van der Waals surface area (Å²) < 4.78 is 17.2. The number of nitrogens with one attached hydrogen (secondary N) is 1. The van der Waals surface area contributed by atoms with Gasteiger partial charge in [-0.3, -0.25) is 4.68 Å². The zero-order chi connectivity index (χ0) is 15.0. The van der Waals surface area contributed by atoms with Gasteiger partial charge in [0.1, 0.15) is 5.82 Å². The maximum absolute atomic E-state index is 14.2. The summed E-state index contributed by atoms with van der Waals surface area (Å²) in [5.41, 5.74) is 2.82. The molecule has 1 N–H and O–H groups in total. The summed E-state index contributed by atoms with van der Waals surface area (Å²) in [6.07, 6.45) is 1.67. The summed E-state index contributed by atoms with van der Waals surface area (Å²) in [5, 5.41) is 7.84. The van der Waals surface area contributed by atoms with Crippen molar-refractivity contribution in [1.82, 2.24) is 15.1 Å². The van der Waals surface area contributed by atoms with Gasteiger partial charge in [-0.05, 0) is 34.0 Å². The molecule has 1 aromatic carbocycles. The van der Waals surface area contributed by atoms with E-state index in [0.717, 1.165) is 47.4 Å². The molecule has 1 aliphatic heterocycles. The number of aromatic nitrogens is 2. The van der Waals surface area contributed by atoms with Crippen LogP contribution in [0.1, 0.15) is 23.9 Å². The molecule has 0 radical (unpaired) electrons. The Morgan fingerprint density at radius 3 is 2.62 bits per heavy atom. The molecule has 112 valence electrons. The lowest BCUT2D eigenvalue weighted by atomic mass is 9.71. The number of hydrogen-bond donors (Lipinski definition) is 1. The zero-order valence-electron chi connectivity index (χ0n) is 12.3. The van der Waals surface area contributed by atoms with Gasteiger partial charge < -0.3 is 5.32 Å². The standard InChI is InChI=1S/C16H19BrFN3/c1-3-13-15(17)14(21(2)20-13)8-16(9-19-10-16)11-6-4-5-7-12(11)18/h4-7,19H,3,8-10H2,1-2H3. The van der Waals surface area contributed by atoms with E-state index >= 15 is 0 Å². The van der Waals surface area contributed by atoms with Crippen LogP contribution in [-0.2, 0) is 25.3 Å². The Balaban J connectivity index is 1.99. The lowest BCUT2D eigenvalue weighted by Gasteiger charge is -2.43. The average Bonchev–Trinajstić information content (AvgIpc) is 2.70. The Labute approximate surface area is 132 Å². The maximum Gasteiger partial charge on any atom is 0.127 e. The van der Waals surface area contributed by atoms with E-state index in [-0.39, 0.29) is 11.2 Å². The summed E-state index contributed by atoms with van der Waals surface area (Å²) >= 11 is 3.66. The number of nitrogens with zero attached hydrogens (tertiary/aromatic N) is 2. The molecule has 3 nitrogen and oxygen atoms in total. The van der Waals surface area contributed by atoms with Gasteiger partial charge in [-0.2, -0.15) is 5.10 Å². The summed E-state index contributed by atoms with van der Waals surface area (Å²) in [6, 6.07) is 7.11. The highest BCUT2D eigenvalue weighted by Gasteiger charge is 2.41. The lowest BCUT2D eigenvalue weighted by Crippen LogP contribution is -2.58. The predicted molar refractivity (Wildman–Crippen MR) is 84.9 cm³/mol. The molecule has 0 saturated carbocycles. The van der Waals surface area contributed by atoms with Gasteiger partial charge in [0, 0.05) is 32.0 Å². The van der Waals surface area contributed by atoms with E-state index in [1.807, 2.05) is 23.9 Å². The van der Waals surface area contributed by atoms with Gasteiger partial charge >= 0.3 is 0 Å². The molecule has 2 aromatic rings. The molecule has 1 aliphatic rings. The molecule has 0 amide bonds. The van der Waals surface area contributed by atoms with Crippen molar-refractivity contribution in [2.75, 3.05) is 13.1 Å². The molecule has 1 fully saturated rings. The molecule has 2 heterocycles. The van der Waals surface area contributed by atoms with Crippen LogP contribution in [0.15, 0.2) is 28.7 Å². The lowest BCUT2D eigenvalue weighted by molar-refractivity contribution is 0.261. The van der Waals surface area contributed by atoms with Crippen molar-refractivity contribution < 1.29 is 4.39 Å². The first-order valence-corrected chi connectivity index (χ1v) is 8.02. The van der Waals surface area contributed by atoms with E-state index in [4.69, 9.17) is 0 Å². The quantitative estimate of drug-likeness (QED) is 0.917. The first kappa shape index (κ1) is 14.7. The molecular weight excluding hydrogens is 333 g/mol. The fourth-order valence-corrected chi connectivity index (χ4v) is 3.82. The normalized spacial score (nSPS) is 16.8. The summed E-state index contributed by atoms with van der Waals surface area (Å²) in [5.74, 6) is -0.118. The molecule has 0 bridgehead atoms. The third kappa shape index (κ3) is 2.42. The van der Waals surface area contributed by atoms with Crippen molar-refractivity contribution in [3.63, 3.8) is 0 Å². The van der Waals surface area contributed by atoms with Gasteiger partial charge in [-0.25, -0.2) is 4.39 Å². The van der Waals surface area contributed by atoms with E-state index in [2.05, 4.69) is 33.3 Å². The SMILES string of the molecule is CCc1nn(C)c(CC2(c3ccccc3F)CNC2)c1Br. The summed E-state index contributed by atoms with van der Waals surface area (Å²) in [4.78, 5) is 0. The average molecular weight is 352 g/mol. The molecule has 1 aromatic heterocycles. The number of hydrogen-bond acceptors (Lipinski definition) is 2. The second-order valence-electron chi connectivity index (χ2n) is 5.73. The van der Waals surface area contributed by atoms with Crippen LogP contribution < -0.4 is 5.32 Å². The molecule has 21 heavy (non-hydrogen) atoms. The van der Waals surface area contributed by atoms with Crippen LogP contribution in [0.2, 0.25) is 0 Å². The van der Waals surface area contributed by atoms with E-state index in [1.54, 1.807) is 12.1 Å². The minimum Gasteiger partial charge on any atom is -0.315 e. The minimum absolute atomic E-state index is 0.118. The van der Waals surface area contributed by atoms with Crippen molar-refractivity contribution in [3.05, 3.63) is 51.5 Å². The fraction of sp³-hybridized carbons (Fsp3) is 0.438. The first-order valence-electron chi connectivity index (χ1n) is 7.23. The highest BCUT2D eigenvalue weighted by atomic mass is 79.9. The van der Waals surface area contributed by atoms with Gasteiger partial charge in [0.2, 0.25) is 0 Å². The Bertz CT molecular complexity index is 662. The number of benzene rings is 1. The summed E-state index contributed by atoms with van der Waals surface area (Å²) in [7, 11) is 1.96. The Morgan fingerprint density at radius 1 is 1.38 bits per heavy atom. The molecule has 0 aliphatic carbocycles. The second-order valence-corrected chi connectivity index (χ2v) is 6.52. The molecule has 3 rings (SSSR count). The van der Waals surface area contributed by atoms with Crippen molar-refractivity contribution in [1.29, 1.82) is 0 Å². The summed E-state index contributed by atoms with van der Waals surface area (Å²) in [6.45, 7) is 3.69. The van der Waals surface area contributed by atoms with Gasteiger partial charge in [-0.1, -0.05) is 25.1 Å². The number of rotatable bonds is 4. The monoisotopic (exact) mass is 351 g/mol. The molecule has 1 saturated heterocycles. The second kappa shape index (κ2) is 5.54. The zero-order valence-corrected chi connectivity index (χ0v) is 13.9. The fourth-order valence-electron chi connectivity index (χ4n) is 3.06.